The van der Waals surface area contributed by atoms with Crippen LogP contribution in [0.25, 0.3) is 0 Å². The van der Waals surface area contributed by atoms with Crippen molar-refractivity contribution in [1.29, 1.82) is 0 Å². The van der Waals surface area contributed by atoms with Gasteiger partial charge in [0, 0.05) is 30.7 Å². The van der Waals surface area contributed by atoms with Gasteiger partial charge in [-0.3, -0.25) is 4.84 Å². The number of halogens is 1. The largest absolute Gasteiger partial charge is 0.341 e. The molecule has 0 unspecified atom stereocenters. The Morgan fingerprint density at radius 1 is 1.24 bits per heavy atom. The third kappa shape index (κ3) is 3.54. The van der Waals surface area contributed by atoms with E-state index >= 15 is 0 Å². The van der Waals surface area contributed by atoms with Crippen LogP contribution in [0.3, 0.4) is 0 Å². The molecule has 1 N–H and O–H groups in total. The molecule has 2 amide bonds. The minimum absolute atomic E-state index is 0.236. The van der Waals surface area contributed by atoms with Gasteiger partial charge in [0.1, 0.15) is 0 Å². The molecule has 9 heteroatoms. The number of hydroxylamine groups is 1. The Morgan fingerprint density at radius 2 is 1.86 bits per heavy atom. The molecule has 0 spiro atoms. The third-order valence-corrected chi connectivity index (χ3v) is 6.08. The first-order chi connectivity index (χ1) is 9.96. The number of hydrogen-bond acceptors (Lipinski definition) is 4. The van der Waals surface area contributed by atoms with E-state index in [1.807, 2.05) is 0 Å². The number of carbonyl (C=O) groups is 1. The van der Waals surface area contributed by atoms with E-state index in [0.717, 1.165) is 0 Å². The highest BCUT2D eigenvalue weighted by molar-refractivity contribution is 9.10. The fourth-order valence-electron chi connectivity index (χ4n) is 2.08. The van der Waals surface area contributed by atoms with Crippen LogP contribution >= 0.6 is 15.9 Å². The lowest BCUT2D eigenvalue weighted by atomic mass is 10.4. The molecule has 0 saturated carbocycles. The van der Waals surface area contributed by atoms with Crippen LogP contribution in [0, 0.1) is 0 Å². The van der Waals surface area contributed by atoms with Gasteiger partial charge in [0.15, 0.2) is 0 Å². The van der Waals surface area contributed by atoms with Crippen LogP contribution in [-0.2, 0) is 14.9 Å². The van der Waals surface area contributed by atoms with Crippen LogP contribution in [0.1, 0.15) is 0 Å². The summed E-state index contributed by atoms with van der Waals surface area (Å²) in [5.41, 5.74) is 2.22. The minimum atomic E-state index is -3.56. The van der Waals surface area contributed by atoms with E-state index in [1.165, 1.54) is 16.3 Å². The Labute approximate surface area is 132 Å². The number of amides is 2. The van der Waals surface area contributed by atoms with Gasteiger partial charge in [0.25, 0.3) is 0 Å². The van der Waals surface area contributed by atoms with Gasteiger partial charge < -0.3 is 4.90 Å². The second kappa shape index (κ2) is 6.73. The molecule has 7 nitrogen and oxygen atoms in total. The maximum atomic E-state index is 12.6. The average Bonchev–Trinajstić information content (AvgIpc) is 2.48. The van der Waals surface area contributed by atoms with Gasteiger partial charge in [-0.2, -0.15) is 4.31 Å². The van der Waals surface area contributed by atoms with Crippen molar-refractivity contribution in [3.8, 4) is 0 Å². The summed E-state index contributed by atoms with van der Waals surface area (Å²) < 4.78 is 27.0. The van der Waals surface area contributed by atoms with Crippen LogP contribution in [0.15, 0.2) is 33.6 Å². The molecule has 0 bridgehead atoms. The molecule has 116 valence electrons. The van der Waals surface area contributed by atoms with Gasteiger partial charge in [-0.15, -0.1) is 0 Å². The number of nitrogens with zero attached hydrogens (tertiary/aromatic N) is 2. The summed E-state index contributed by atoms with van der Waals surface area (Å²) >= 11 is 3.26. The van der Waals surface area contributed by atoms with Crippen molar-refractivity contribution in [2.45, 2.75) is 4.90 Å². The number of sulfonamides is 1. The van der Waals surface area contributed by atoms with Crippen LogP contribution in [0.5, 0.6) is 0 Å². The molecule has 1 aromatic rings. The summed E-state index contributed by atoms with van der Waals surface area (Å²) in [5.74, 6) is 0. The molecular formula is C12H16BrN3O4S. The molecule has 2 rings (SSSR count). The van der Waals surface area contributed by atoms with Crippen molar-refractivity contribution in [2.75, 3.05) is 33.3 Å². The predicted octanol–water partition coefficient (Wildman–Crippen LogP) is 1.03. The Kier molecular flexibility index (Phi) is 5.20. The monoisotopic (exact) mass is 377 g/mol. The van der Waals surface area contributed by atoms with Crippen molar-refractivity contribution in [1.82, 2.24) is 14.7 Å². The Morgan fingerprint density at radius 3 is 2.43 bits per heavy atom. The summed E-state index contributed by atoms with van der Waals surface area (Å²) in [6.07, 6.45) is 0. The average molecular weight is 378 g/mol. The number of hydrogen-bond donors (Lipinski definition) is 1. The normalized spacial score (nSPS) is 16.8. The smallest absolute Gasteiger partial charge is 0.320 e. The molecular weight excluding hydrogens is 362 g/mol. The van der Waals surface area contributed by atoms with Gasteiger partial charge in [0.2, 0.25) is 10.0 Å². The highest BCUT2D eigenvalue weighted by Gasteiger charge is 2.31. The molecule has 1 aliphatic rings. The molecule has 1 fully saturated rings. The van der Waals surface area contributed by atoms with E-state index in [1.54, 1.807) is 24.3 Å². The summed E-state index contributed by atoms with van der Waals surface area (Å²) in [6.45, 7) is 1.14. The molecule has 0 aromatic heterocycles. The van der Waals surface area contributed by atoms with Crippen molar-refractivity contribution in [3.05, 3.63) is 28.7 Å². The van der Waals surface area contributed by atoms with Gasteiger partial charge >= 0.3 is 6.03 Å². The highest BCUT2D eigenvalue weighted by Crippen LogP contribution is 2.25. The predicted molar refractivity (Wildman–Crippen MR) is 80.0 cm³/mol. The maximum absolute atomic E-state index is 12.6. The SMILES string of the molecule is CONC(=O)N1CCN(S(=O)(=O)c2ccccc2Br)CC1. The van der Waals surface area contributed by atoms with E-state index in [4.69, 9.17) is 0 Å². The summed E-state index contributed by atoms with van der Waals surface area (Å²) in [5, 5.41) is 0. The zero-order chi connectivity index (χ0) is 15.5. The first-order valence-corrected chi connectivity index (χ1v) is 8.52. The van der Waals surface area contributed by atoms with Crippen LogP contribution in [-0.4, -0.2) is 56.9 Å². The van der Waals surface area contributed by atoms with Crippen molar-refractivity contribution >= 4 is 32.0 Å². The van der Waals surface area contributed by atoms with Crippen LogP contribution < -0.4 is 5.48 Å². The zero-order valence-corrected chi connectivity index (χ0v) is 13.9. The zero-order valence-electron chi connectivity index (χ0n) is 11.5. The fraction of sp³-hybridized carbons (Fsp3) is 0.417. The van der Waals surface area contributed by atoms with Gasteiger partial charge in [-0.05, 0) is 28.1 Å². The van der Waals surface area contributed by atoms with E-state index in [-0.39, 0.29) is 24.0 Å². The number of benzene rings is 1. The second-order valence-electron chi connectivity index (χ2n) is 4.43. The van der Waals surface area contributed by atoms with Crippen molar-refractivity contribution in [3.63, 3.8) is 0 Å². The Balaban J connectivity index is 2.08. The second-order valence-corrected chi connectivity index (χ2v) is 7.19. The Bertz CT molecular complexity index is 615. The van der Waals surface area contributed by atoms with E-state index in [9.17, 15) is 13.2 Å². The fourth-order valence-corrected chi connectivity index (χ4v) is 4.46. The standard InChI is InChI=1S/C12H16BrN3O4S/c1-20-14-12(17)15-6-8-16(9-7-15)21(18,19)11-5-3-2-4-10(11)13/h2-5H,6-9H2,1H3,(H,14,17). The molecule has 0 atom stereocenters. The topological polar surface area (TPSA) is 79.0 Å². The van der Waals surface area contributed by atoms with E-state index in [2.05, 4.69) is 26.2 Å². The molecule has 0 radical (unpaired) electrons. The van der Waals surface area contributed by atoms with Gasteiger partial charge in [0.05, 0.1) is 12.0 Å². The van der Waals surface area contributed by atoms with Crippen LogP contribution in [0.4, 0.5) is 4.79 Å². The molecule has 1 aliphatic heterocycles. The van der Waals surface area contributed by atoms with Gasteiger partial charge in [-0.1, -0.05) is 12.1 Å². The maximum Gasteiger partial charge on any atom is 0.341 e. The number of rotatable bonds is 3. The lowest BCUT2D eigenvalue weighted by Crippen LogP contribution is -2.52. The highest BCUT2D eigenvalue weighted by atomic mass is 79.9. The van der Waals surface area contributed by atoms with Crippen molar-refractivity contribution < 1.29 is 18.0 Å². The first-order valence-electron chi connectivity index (χ1n) is 6.29. The molecule has 21 heavy (non-hydrogen) atoms. The Hall–Kier alpha value is -1.16. The first kappa shape index (κ1) is 16.2. The lowest BCUT2D eigenvalue weighted by Gasteiger charge is -2.33. The summed E-state index contributed by atoms with van der Waals surface area (Å²) in [6, 6.07) is 6.32. The summed E-state index contributed by atoms with van der Waals surface area (Å²) in [4.78, 5) is 17.9. The number of carbonyl (C=O) groups excluding carboxylic acids is 1. The summed E-state index contributed by atoms with van der Waals surface area (Å²) in [7, 11) is -2.20. The quantitative estimate of drug-likeness (QED) is 0.797. The minimum Gasteiger partial charge on any atom is -0.320 e. The van der Waals surface area contributed by atoms with E-state index in [0.29, 0.717) is 17.6 Å². The molecule has 1 heterocycles. The van der Waals surface area contributed by atoms with Gasteiger partial charge in [-0.25, -0.2) is 18.7 Å². The third-order valence-electron chi connectivity index (χ3n) is 3.17. The number of piperazine rings is 1. The van der Waals surface area contributed by atoms with Crippen LogP contribution in [0.2, 0.25) is 0 Å². The number of nitrogens with one attached hydrogen (secondary N) is 1. The van der Waals surface area contributed by atoms with E-state index < -0.39 is 10.0 Å². The number of urea groups is 1. The lowest BCUT2D eigenvalue weighted by molar-refractivity contribution is 0.0800. The molecule has 0 aliphatic carbocycles. The molecule has 1 aromatic carbocycles. The van der Waals surface area contributed by atoms with Crippen molar-refractivity contribution in [2.24, 2.45) is 0 Å². The molecule has 1 saturated heterocycles.